The molecule has 400 valence electrons. The number of para-hydroxylation sites is 6. The van der Waals surface area contributed by atoms with Crippen molar-refractivity contribution < 1.29 is 8.83 Å². The van der Waals surface area contributed by atoms with Crippen LogP contribution < -0.4 is 9.80 Å². The maximum absolute atomic E-state index is 6.81. The second-order valence-electron chi connectivity index (χ2n) is 25.3. The fourth-order valence-corrected chi connectivity index (χ4v) is 14.4. The van der Waals surface area contributed by atoms with Crippen molar-refractivity contribution in [3.63, 3.8) is 0 Å². The molecule has 2 aliphatic carbocycles. The molecule has 4 nitrogen and oxygen atoms in total. The van der Waals surface area contributed by atoms with E-state index in [0.717, 1.165) is 78.0 Å². The van der Waals surface area contributed by atoms with E-state index in [9.17, 15) is 0 Å². The van der Waals surface area contributed by atoms with Crippen LogP contribution >= 0.6 is 0 Å². The number of benzene rings is 12. The Morgan fingerprint density at radius 3 is 1.16 bits per heavy atom. The lowest BCUT2D eigenvalue weighted by atomic mass is 9.68. The zero-order chi connectivity index (χ0) is 56.3. The molecule has 83 heavy (non-hydrogen) atoms. The van der Waals surface area contributed by atoms with Gasteiger partial charge in [0, 0.05) is 44.3 Å². The standard InChI is InChI=1S/C79H62N2O2/c1-47-19-9-13-25-67(47)80(69-27-17-23-61-57-21-11-15-29-71(57)82-75(61)69)53-35-39-55-49(43-53)31-37-59-60-38-32-50-44-54(81(68-26-14-10-20-48(68)2)70-28-18-24-62-58-22-12-16-30-72(58)83-76(62)70)36-40-56(50)74(60)79(73(55)59)65-41-33-51(77(3,4)5)45-63(65)64-46-52(78(6,7)8)34-42-66(64)79/h9-46H,1-8H3. The molecule has 0 atom stereocenters. The zero-order valence-corrected chi connectivity index (χ0v) is 48.2. The Hall–Kier alpha value is -9.64. The van der Waals surface area contributed by atoms with Crippen LogP contribution in [0.1, 0.15) is 86.1 Å². The van der Waals surface area contributed by atoms with Crippen LogP contribution in [0.5, 0.6) is 0 Å². The summed E-state index contributed by atoms with van der Waals surface area (Å²) in [6.45, 7) is 18.4. The monoisotopic (exact) mass is 1070 g/mol. The number of fused-ring (bicyclic) bond motifs is 20. The Morgan fingerprint density at radius 2 is 0.723 bits per heavy atom. The number of furan rings is 2. The average Bonchev–Trinajstić information content (AvgIpc) is 1.59. The van der Waals surface area contributed by atoms with Gasteiger partial charge in [0.15, 0.2) is 11.2 Å². The summed E-state index contributed by atoms with van der Waals surface area (Å²) >= 11 is 0. The van der Waals surface area contributed by atoms with Crippen LogP contribution in [0.25, 0.3) is 87.7 Å². The van der Waals surface area contributed by atoms with Crippen molar-refractivity contribution in [1.29, 1.82) is 0 Å². The van der Waals surface area contributed by atoms with Crippen LogP contribution in [0.2, 0.25) is 0 Å². The van der Waals surface area contributed by atoms with Gasteiger partial charge in [-0.2, -0.15) is 0 Å². The van der Waals surface area contributed by atoms with Gasteiger partial charge in [0.25, 0.3) is 0 Å². The molecule has 2 aliphatic rings. The zero-order valence-electron chi connectivity index (χ0n) is 48.2. The fourth-order valence-electron chi connectivity index (χ4n) is 14.4. The van der Waals surface area contributed by atoms with Crippen molar-refractivity contribution in [3.05, 3.63) is 275 Å². The Balaban J connectivity index is 0.966. The first-order chi connectivity index (χ1) is 40.3. The molecule has 0 saturated carbocycles. The number of rotatable bonds is 6. The van der Waals surface area contributed by atoms with Crippen LogP contribution in [-0.4, -0.2) is 0 Å². The van der Waals surface area contributed by atoms with Gasteiger partial charge in [-0.25, -0.2) is 0 Å². The van der Waals surface area contributed by atoms with Gasteiger partial charge >= 0.3 is 0 Å². The molecular weight excluding hydrogens is 1010 g/mol. The number of nitrogens with zero attached hydrogens (tertiary/aromatic N) is 2. The predicted octanol–water partition coefficient (Wildman–Crippen LogP) is 22.3. The summed E-state index contributed by atoms with van der Waals surface area (Å²) in [5.74, 6) is 0. The molecule has 0 aliphatic heterocycles. The lowest BCUT2D eigenvalue weighted by Crippen LogP contribution is -2.27. The second-order valence-corrected chi connectivity index (χ2v) is 25.3. The van der Waals surface area contributed by atoms with Crippen molar-refractivity contribution in [3.8, 4) is 22.3 Å². The molecule has 0 unspecified atom stereocenters. The summed E-state index contributed by atoms with van der Waals surface area (Å²) in [6.07, 6.45) is 0. The van der Waals surface area contributed by atoms with E-state index in [1.165, 1.54) is 88.3 Å². The van der Waals surface area contributed by atoms with Crippen molar-refractivity contribution in [1.82, 2.24) is 0 Å². The third kappa shape index (κ3) is 7.12. The number of anilines is 6. The molecule has 12 aromatic carbocycles. The Kier molecular flexibility index (Phi) is 10.5. The Morgan fingerprint density at radius 1 is 0.325 bits per heavy atom. The summed E-state index contributed by atoms with van der Waals surface area (Å²) in [5, 5.41) is 9.26. The van der Waals surface area contributed by atoms with Crippen molar-refractivity contribution in [2.45, 2.75) is 71.6 Å². The van der Waals surface area contributed by atoms with E-state index in [2.05, 4.69) is 296 Å². The second kappa shape index (κ2) is 17.7. The maximum Gasteiger partial charge on any atom is 0.159 e. The van der Waals surface area contributed by atoms with E-state index < -0.39 is 5.41 Å². The van der Waals surface area contributed by atoms with Gasteiger partial charge < -0.3 is 18.6 Å². The molecule has 0 fully saturated rings. The van der Waals surface area contributed by atoms with Crippen molar-refractivity contribution >= 4 is 99.5 Å². The Labute approximate surface area is 484 Å². The number of hydrogen-bond donors (Lipinski definition) is 0. The molecule has 16 rings (SSSR count). The minimum atomic E-state index is -0.671. The van der Waals surface area contributed by atoms with Crippen LogP contribution in [-0.2, 0) is 16.2 Å². The molecule has 4 heteroatoms. The highest BCUT2D eigenvalue weighted by molar-refractivity contribution is 6.14. The largest absolute Gasteiger partial charge is 0.454 e. The summed E-state index contributed by atoms with van der Waals surface area (Å²) in [7, 11) is 0. The summed E-state index contributed by atoms with van der Waals surface area (Å²) in [4.78, 5) is 4.80. The van der Waals surface area contributed by atoms with E-state index in [-0.39, 0.29) is 10.8 Å². The molecule has 0 saturated heterocycles. The molecule has 2 aromatic heterocycles. The van der Waals surface area contributed by atoms with E-state index in [4.69, 9.17) is 8.83 Å². The third-order valence-corrected chi connectivity index (χ3v) is 18.4. The molecule has 1 spiro atoms. The lowest BCUT2D eigenvalue weighted by Gasteiger charge is -2.34. The molecule has 2 heterocycles. The third-order valence-electron chi connectivity index (χ3n) is 18.4. The molecule has 0 radical (unpaired) electrons. The van der Waals surface area contributed by atoms with E-state index in [0.29, 0.717) is 0 Å². The van der Waals surface area contributed by atoms with Gasteiger partial charge in [-0.05, 0) is 174 Å². The molecule has 0 amide bonds. The van der Waals surface area contributed by atoms with Gasteiger partial charge in [0.2, 0.25) is 0 Å². The van der Waals surface area contributed by atoms with E-state index in [1.807, 2.05) is 0 Å². The summed E-state index contributed by atoms with van der Waals surface area (Å²) in [5.41, 5.74) is 24.6. The Bertz CT molecular complexity index is 4740. The molecule has 0 N–H and O–H groups in total. The minimum Gasteiger partial charge on any atom is -0.454 e. The lowest BCUT2D eigenvalue weighted by molar-refractivity contribution is 0.589. The molecule has 0 bridgehead atoms. The summed E-state index contributed by atoms with van der Waals surface area (Å²) < 4.78 is 13.6. The summed E-state index contributed by atoms with van der Waals surface area (Å²) in [6, 6.07) is 86.1. The highest BCUT2D eigenvalue weighted by Gasteiger charge is 2.54. The van der Waals surface area contributed by atoms with E-state index >= 15 is 0 Å². The normalized spacial score (nSPS) is 13.4. The fraction of sp³-hybridized carbons (Fsp3) is 0.139. The van der Waals surface area contributed by atoms with Gasteiger partial charge in [-0.3, -0.25) is 0 Å². The van der Waals surface area contributed by atoms with Gasteiger partial charge in [0.1, 0.15) is 11.2 Å². The van der Waals surface area contributed by atoms with Gasteiger partial charge in [-0.15, -0.1) is 0 Å². The van der Waals surface area contributed by atoms with Crippen molar-refractivity contribution in [2.24, 2.45) is 0 Å². The van der Waals surface area contributed by atoms with Crippen LogP contribution in [0, 0.1) is 13.8 Å². The first-order valence-corrected chi connectivity index (χ1v) is 29.2. The van der Waals surface area contributed by atoms with Crippen molar-refractivity contribution in [2.75, 3.05) is 9.80 Å². The SMILES string of the molecule is Cc1ccccc1N(c1ccc2c3c(ccc2c1)-c1ccc2cc(N(c4ccccc4C)c4cccc5c4oc4ccccc45)ccc2c1C31c2ccc(C(C)(C)C)cc2-c2cc(C(C)(C)C)ccc21)c1cccc2c1oc1ccccc12. The van der Waals surface area contributed by atoms with Crippen LogP contribution in [0.4, 0.5) is 34.1 Å². The number of aryl methyl sites for hydroxylation is 2. The van der Waals surface area contributed by atoms with Crippen LogP contribution in [0.15, 0.2) is 239 Å². The minimum absolute atomic E-state index is 0.0599. The maximum atomic E-state index is 6.81. The first-order valence-electron chi connectivity index (χ1n) is 29.2. The van der Waals surface area contributed by atoms with E-state index in [1.54, 1.807) is 0 Å². The van der Waals surface area contributed by atoms with Crippen LogP contribution in [0.3, 0.4) is 0 Å². The predicted molar refractivity (Wildman–Crippen MR) is 349 cm³/mol. The van der Waals surface area contributed by atoms with Gasteiger partial charge in [0.05, 0.1) is 16.8 Å². The highest BCUT2D eigenvalue weighted by Crippen LogP contribution is 2.66. The first kappa shape index (κ1) is 49.2. The highest BCUT2D eigenvalue weighted by atomic mass is 16.3. The number of hydrogen-bond acceptors (Lipinski definition) is 4. The molecular formula is C79H62N2O2. The average molecular weight is 1070 g/mol. The van der Waals surface area contributed by atoms with Gasteiger partial charge in [-0.1, -0.05) is 211 Å². The quantitative estimate of drug-likeness (QED) is 0.166. The molecule has 14 aromatic rings. The smallest absolute Gasteiger partial charge is 0.159 e. The topological polar surface area (TPSA) is 32.8 Å².